The highest BCUT2D eigenvalue weighted by molar-refractivity contribution is 5.93. The summed E-state index contributed by atoms with van der Waals surface area (Å²) in [5.74, 6) is -0.224. The number of carboxylic acid groups (broad SMARTS) is 1. The van der Waals surface area contributed by atoms with Crippen molar-refractivity contribution in [2.24, 2.45) is 0 Å². The standard InChI is InChI=1S/C26H30N2O5/c1-18-7-12-23(19(2)14-18)27-24(29)17-28(16-22-6-5-13-32-22)15-20-8-10-21(11-9-20)33-26(3,4)25(30)31/h5-14H,15-17H2,1-4H3,(H,27,29)(H,30,31)/p-1. The van der Waals surface area contributed by atoms with Crippen LogP contribution in [0.4, 0.5) is 5.69 Å². The Hall–Kier alpha value is -3.58. The Kier molecular flexibility index (Phi) is 7.55. The number of aryl methyl sites for hydroxylation is 2. The molecule has 0 aliphatic rings. The number of aliphatic carboxylic acids is 1. The van der Waals surface area contributed by atoms with E-state index in [2.05, 4.69) is 5.32 Å². The zero-order valence-corrected chi connectivity index (χ0v) is 19.4. The third-order valence-electron chi connectivity index (χ3n) is 5.18. The molecule has 0 aliphatic heterocycles. The molecule has 0 unspecified atom stereocenters. The average Bonchev–Trinajstić information content (AvgIpc) is 3.24. The van der Waals surface area contributed by atoms with E-state index in [1.807, 2.05) is 61.2 Å². The second kappa shape index (κ2) is 10.4. The molecule has 1 aromatic heterocycles. The molecule has 0 bridgehead atoms. The van der Waals surface area contributed by atoms with Gasteiger partial charge in [-0.1, -0.05) is 29.8 Å². The van der Waals surface area contributed by atoms with Gasteiger partial charge in [0.05, 0.1) is 25.3 Å². The molecule has 0 saturated carbocycles. The summed E-state index contributed by atoms with van der Waals surface area (Å²) in [6, 6.07) is 16.7. The number of carbonyl (C=O) groups excluding carboxylic acids is 2. The molecular formula is C26H29N2O5-. The van der Waals surface area contributed by atoms with Crippen molar-refractivity contribution < 1.29 is 23.8 Å². The quantitative estimate of drug-likeness (QED) is 0.510. The van der Waals surface area contributed by atoms with Crippen molar-refractivity contribution in [2.45, 2.75) is 46.4 Å². The third-order valence-corrected chi connectivity index (χ3v) is 5.18. The zero-order chi connectivity index (χ0) is 24.0. The molecule has 3 rings (SSSR count). The van der Waals surface area contributed by atoms with Crippen LogP contribution in [-0.4, -0.2) is 28.9 Å². The Morgan fingerprint density at radius 2 is 1.79 bits per heavy atom. The second-order valence-corrected chi connectivity index (χ2v) is 8.63. The highest BCUT2D eigenvalue weighted by Crippen LogP contribution is 2.21. The number of furan rings is 1. The number of amides is 1. The van der Waals surface area contributed by atoms with E-state index in [1.54, 1.807) is 18.4 Å². The molecule has 0 radical (unpaired) electrons. The smallest absolute Gasteiger partial charge is 0.238 e. The summed E-state index contributed by atoms with van der Waals surface area (Å²) < 4.78 is 11.0. The van der Waals surface area contributed by atoms with Gasteiger partial charge in [0.25, 0.3) is 0 Å². The molecule has 33 heavy (non-hydrogen) atoms. The van der Waals surface area contributed by atoms with E-state index in [-0.39, 0.29) is 12.5 Å². The van der Waals surface area contributed by atoms with E-state index >= 15 is 0 Å². The molecule has 1 amide bonds. The third kappa shape index (κ3) is 6.95. The first kappa shape index (κ1) is 24.1. The lowest BCUT2D eigenvalue weighted by molar-refractivity contribution is -0.320. The lowest BCUT2D eigenvalue weighted by atomic mass is 10.1. The minimum absolute atomic E-state index is 0.121. The van der Waals surface area contributed by atoms with Crippen LogP contribution in [0.3, 0.4) is 0 Å². The van der Waals surface area contributed by atoms with Gasteiger partial charge in [-0.3, -0.25) is 9.69 Å². The molecule has 0 aliphatic carbocycles. The fraction of sp³-hybridized carbons (Fsp3) is 0.308. The summed E-state index contributed by atoms with van der Waals surface area (Å²) >= 11 is 0. The maximum absolute atomic E-state index is 12.8. The van der Waals surface area contributed by atoms with Gasteiger partial charge in [0.2, 0.25) is 5.91 Å². The molecule has 7 nitrogen and oxygen atoms in total. The SMILES string of the molecule is Cc1ccc(NC(=O)CN(Cc2ccc(OC(C)(C)C(=O)[O-])cc2)Cc2ccco2)c(C)c1. The fourth-order valence-electron chi connectivity index (χ4n) is 3.39. The first-order chi connectivity index (χ1) is 15.6. The minimum Gasteiger partial charge on any atom is -0.546 e. The van der Waals surface area contributed by atoms with E-state index < -0.39 is 11.6 Å². The van der Waals surface area contributed by atoms with Gasteiger partial charge >= 0.3 is 0 Å². The van der Waals surface area contributed by atoms with Crippen LogP contribution < -0.4 is 15.2 Å². The molecule has 0 atom stereocenters. The predicted molar refractivity (Wildman–Crippen MR) is 124 cm³/mol. The number of benzene rings is 2. The summed E-state index contributed by atoms with van der Waals surface area (Å²) in [5, 5.41) is 14.2. The Balaban J connectivity index is 1.69. The maximum atomic E-state index is 12.8. The van der Waals surface area contributed by atoms with Crippen LogP contribution in [0.25, 0.3) is 0 Å². The number of hydrogen-bond donors (Lipinski definition) is 1. The van der Waals surface area contributed by atoms with Gasteiger partial charge in [-0.05, 0) is 69.2 Å². The van der Waals surface area contributed by atoms with Crippen LogP contribution in [-0.2, 0) is 22.7 Å². The molecular weight excluding hydrogens is 420 g/mol. The van der Waals surface area contributed by atoms with Crippen molar-refractivity contribution in [3.63, 3.8) is 0 Å². The molecule has 1 heterocycles. The van der Waals surface area contributed by atoms with Crippen LogP contribution in [0.2, 0.25) is 0 Å². The Morgan fingerprint density at radius 3 is 2.39 bits per heavy atom. The number of nitrogens with zero attached hydrogens (tertiary/aromatic N) is 1. The monoisotopic (exact) mass is 449 g/mol. The largest absolute Gasteiger partial charge is 0.546 e. The van der Waals surface area contributed by atoms with Gasteiger partial charge in [0.1, 0.15) is 17.1 Å². The molecule has 174 valence electrons. The van der Waals surface area contributed by atoms with Crippen molar-refractivity contribution in [1.82, 2.24) is 4.90 Å². The van der Waals surface area contributed by atoms with E-state index in [0.717, 1.165) is 28.1 Å². The highest BCUT2D eigenvalue weighted by atomic mass is 16.5. The molecule has 0 saturated heterocycles. The predicted octanol–water partition coefficient (Wildman–Crippen LogP) is 3.44. The van der Waals surface area contributed by atoms with Crippen molar-refractivity contribution in [3.8, 4) is 5.75 Å². The van der Waals surface area contributed by atoms with Crippen molar-refractivity contribution in [1.29, 1.82) is 0 Å². The highest BCUT2D eigenvalue weighted by Gasteiger charge is 2.21. The number of anilines is 1. The van der Waals surface area contributed by atoms with Crippen LogP contribution >= 0.6 is 0 Å². The van der Waals surface area contributed by atoms with Crippen LogP contribution in [0.15, 0.2) is 65.3 Å². The van der Waals surface area contributed by atoms with Crippen molar-refractivity contribution in [2.75, 3.05) is 11.9 Å². The molecule has 3 aromatic rings. The molecule has 0 fully saturated rings. The molecule has 0 spiro atoms. The number of carboxylic acids is 1. The van der Waals surface area contributed by atoms with E-state index in [1.165, 1.54) is 13.8 Å². The molecule has 1 N–H and O–H groups in total. The number of ether oxygens (including phenoxy) is 1. The lowest BCUT2D eigenvalue weighted by Crippen LogP contribution is -2.47. The number of rotatable bonds is 10. The van der Waals surface area contributed by atoms with Gasteiger partial charge in [-0.15, -0.1) is 0 Å². The van der Waals surface area contributed by atoms with E-state index in [0.29, 0.717) is 18.8 Å². The zero-order valence-electron chi connectivity index (χ0n) is 19.4. The Bertz CT molecular complexity index is 1090. The lowest BCUT2D eigenvalue weighted by Gasteiger charge is -2.27. The van der Waals surface area contributed by atoms with Gasteiger partial charge in [0, 0.05) is 12.2 Å². The summed E-state index contributed by atoms with van der Waals surface area (Å²) in [7, 11) is 0. The topological polar surface area (TPSA) is 94.8 Å². The Morgan fingerprint density at radius 1 is 1.06 bits per heavy atom. The van der Waals surface area contributed by atoms with Gasteiger partial charge in [-0.2, -0.15) is 0 Å². The first-order valence-electron chi connectivity index (χ1n) is 10.7. The van der Waals surface area contributed by atoms with Gasteiger partial charge < -0.3 is 24.4 Å². The summed E-state index contributed by atoms with van der Waals surface area (Å²) in [4.78, 5) is 25.9. The fourth-order valence-corrected chi connectivity index (χ4v) is 3.39. The number of carbonyl (C=O) groups is 2. The normalized spacial score (nSPS) is 11.4. The average molecular weight is 450 g/mol. The summed E-state index contributed by atoms with van der Waals surface area (Å²) in [6.45, 7) is 7.98. The summed E-state index contributed by atoms with van der Waals surface area (Å²) in [5.41, 5.74) is 2.45. The van der Waals surface area contributed by atoms with E-state index in [4.69, 9.17) is 9.15 Å². The van der Waals surface area contributed by atoms with Gasteiger partial charge in [-0.25, -0.2) is 0 Å². The Labute approximate surface area is 194 Å². The van der Waals surface area contributed by atoms with Crippen LogP contribution in [0, 0.1) is 13.8 Å². The van der Waals surface area contributed by atoms with E-state index in [9.17, 15) is 14.7 Å². The first-order valence-corrected chi connectivity index (χ1v) is 10.7. The van der Waals surface area contributed by atoms with Crippen LogP contribution in [0.1, 0.15) is 36.3 Å². The van der Waals surface area contributed by atoms with Crippen LogP contribution in [0.5, 0.6) is 5.75 Å². The van der Waals surface area contributed by atoms with Crippen molar-refractivity contribution in [3.05, 3.63) is 83.3 Å². The maximum Gasteiger partial charge on any atom is 0.238 e. The number of hydrogen-bond acceptors (Lipinski definition) is 6. The molecule has 7 heteroatoms. The second-order valence-electron chi connectivity index (χ2n) is 8.63. The minimum atomic E-state index is -1.43. The summed E-state index contributed by atoms with van der Waals surface area (Å²) in [6.07, 6.45) is 1.61. The molecule has 2 aromatic carbocycles. The van der Waals surface area contributed by atoms with Crippen molar-refractivity contribution >= 4 is 17.6 Å². The number of nitrogens with one attached hydrogen (secondary N) is 1. The van der Waals surface area contributed by atoms with Gasteiger partial charge in [0.15, 0.2) is 0 Å².